The zero-order valence-corrected chi connectivity index (χ0v) is 15.2. The molecule has 0 unspecified atom stereocenters. The van der Waals surface area contributed by atoms with E-state index in [0.717, 1.165) is 0 Å². The Kier molecular flexibility index (Phi) is 11.8. The van der Waals surface area contributed by atoms with Crippen LogP contribution in [0.3, 0.4) is 0 Å². The topological polar surface area (TPSA) is 0 Å². The van der Waals surface area contributed by atoms with E-state index in [1.54, 1.807) is 0 Å². The number of unbranched alkanes of at least 4 members (excludes halogenated alkanes) is 3. The predicted octanol–water partition coefficient (Wildman–Crippen LogP) is 5.13. The first-order valence-corrected chi connectivity index (χ1v) is 8.65. The molecule has 0 spiro atoms. The number of hydrogen-bond donors (Lipinski definition) is 0. The monoisotopic (exact) mass is 309 g/mol. The molecule has 2 heteroatoms. The van der Waals surface area contributed by atoms with Gasteiger partial charge in [-0.3, -0.25) is 0 Å². The van der Waals surface area contributed by atoms with Crippen LogP contribution in [0.15, 0.2) is 30.3 Å². The number of benzene rings is 1. The molecule has 1 rings (SSSR count). The number of quaternary nitrogens is 1. The van der Waals surface area contributed by atoms with Crippen molar-refractivity contribution < 1.29 is 4.48 Å². The van der Waals surface area contributed by atoms with Crippen molar-refractivity contribution in [2.45, 2.75) is 65.8 Å². The lowest BCUT2D eigenvalue weighted by molar-refractivity contribution is -0.941. The minimum atomic E-state index is 0. The minimum Gasteiger partial charge on any atom is -0.813 e. The van der Waals surface area contributed by atoms with E-state index in [-0.39, 0.29) is 13.5 Å². The van der Waals surface area contributed by atoms with Crippen molar-refractivity contribution in [3.05, 3.63) is 35.9 Å². The highest BCUT2D eigenvalue weighted by molar-refractivity contribution is 7.37. The van der Waals surface area contributed by atoms with Crippen molar-refractivity contribution in [3.8, 4) is 0 Å². The zero-order valence-electron chi connectivity index (χ0n) is 14.4. The molecule has 0 atom stereocenters. The highest BCUT2D eigenvalue weighted by atomic mass is 32.1. The zero-order chi connectivity index (χ0) is 14.7. The molecule has 1 aromatic rings. The van der Waals surface area contributed by atoms with Crippen LogP contribution in [-0.2, 0) is 20.0 Å². The Labute approximate surface area is 139 Å². The van der Waals surface area contributed by atoms with Gasteiger partial charge >= 0.3 is 0 Å². The molecule has 0 aliphatic rings. The Hall–Kier alpha value is -0.470. The van der Waals surface area contributed by atoms with Crippen LogP contribution in [0.1, 0.15) is 64.9 Å². The standard InChI is InChI=1S/C19H34N.H2S/c1-4-7-15-20(16-8-5-2,17-9-6-3)18-19-13-11-10-12-14-19;/h10-14H,4-9,15-18H2,1-3H3;1H2/q+1;/p-1. The maximum absolute atomic E-state index is 2.32. The molecule has 0 fully saturated rings. The van der Waals surface area contributed by atoms with Crippen LogP contribution in [0.25, 0.3) is 0 Å². The van der Waals surface area contributed by atoms with Gasteiger partial charge in [0.05, 0.1) is 19.6 Å². The van der Waals surface area contributed by atoms with Crippen molar-refractivity contribution in [1.29, 1.82) is 0 Å². The third-order valence-corrected chi connectivity index (χ3v) is 4.32. The Morgan fingerprint density at radius 1 is 0.714 bits per heavy atom. The van der Waals surface area contributed by atoms with E-state index in [4.69, 9.17) is 0 Å². The fourth-order valence-corrected chi connectivity index (χ4v) is 3.02. The molecule has 0 saturated carbocycles. The molecule has 0 saturated heterocycles. The molecule has 0 amide bonds. The highest BCUT2D eigenvalue weighted by Gasteiger charge is 2.25. The summed E-state index contributed by atoms with van der Waals surface area (Å²) in [5, 5.41) is 0. The van der Waals surface area contributed by atoms with Crippen LogP contribution in [-0.4, -0.2) is 24.1 Å². The number of hydrogen-bond acceptors (Lipinski definition) is 1. The van der Waals surface area contributed by atoms with Gasteiger partial charge in [-0.1, -0.05) is 70.4 Å². The van der Waals surface area contributed by atoms with Crippen molar-refractivity contribution in [2.24, 2.45) is 0 Å². The fraction of sp³-hybridized carbons (Fsp3) is 0.684. The summed E-state index contributed by atoms with van der Waals surface area (Å²) < 4.78 is 1.31. The van der Waals surface area contributed by atoms with Gasteiger partial charge in [0.15, 0.2) is 0 Å². The second kappa shape index (κ2) is 12.1. The molecule has 122 valence electrons. The molecular weight excluding hydrogens is 274 g/mol. The number of rotatable bonds is 11. The van der Waals surface area contributed by atoms with Gasteiger partial charge in [0, 0.05) is 5.56 Å². The fourth-order valence-electron chi connectivity index (χ4n) is 3.02. The first kappa shape index (κ1) is 20.5. The lowest BCUT2D eigenvalue weighted by Crippen LogP contribution is -2.49. The molecule has 0 aliphatic heterocycles. The lowest BCUT2D eigenvalue weighted by Gasteiger charge is -2.39. The van der Waals surface area contributed by atoms with Crippen molar-refractivity contribution in [1.82, 2.24) is 0 Å². The van der Waals surface area contributed by atoms with E-state index in [0.29, 0.717) is 0 Å². The van der Waals surface area contributed by atoms with Crippen molar-refractivity contribution in [2.75, 3.05) is 19.6 Å². The molecule has 1 aromatic carbocycles. The number of nitrogens with zero attached hydrogens (tertiary/aromatic N) is 1. The molecule has 0 heterocycles. The third kappa shape index (κ3) is 7.92. The van der Waals surface area contributed by atoms with Gasteiger partial charge in [-0.15, -0.1) is 0 Å². The Morgan fingerprint density at radius 2 is 1.14 bits per heavy atom. The number of thiol groups is 1. The maximum Gasteiger partial charge on any atom is 0.104 e. The lowest BCUT2D eigenvalue weighted by atomic mass is 10.1. The maximum atomic E-state index is 2.32. The molecule has 1 nitrogen and oxygen atoms in total. The van der Waals surface area contributed by atoms with E-state index in [1.165, 1.54) is 74.8 Å². The summed E-state index contributed by atoms with van der Waals surface area (Å²) >= 11 is 0. The van der Waals surface area contributed by atoms with Crippen LogP contribution in [0.4, 0.5) is 0 Å². The summed E-state index contributed by atoms with van der Waals surface area (Å²) in [7, 11) is 0. The largest absolute Gasteiger partial charge is 0.813 e. The first-order chi connectivity index (χ1) is 9.76. The molecule has 21 heavy (non-hydrogen) atoms. The van der Waals surface area contributed by atoms with Gasteiger partial charge in [0.2, 0.25) is 0 Å². The van der Waals surface area contributed by atoms with E-state index >= 15 is 0 Å². The SMILES string of the molecule is CCCC[N+](CCCC)(CCCC)Cc1ccccc1.[SH-]. The quantitative estimate of drug-likeness (QED) is 0.310. The van der Waals surface area contributed by atoms with Gasteiger partial charge in [-0.05, 0) is 19.3 Å². The predicted molar refractivity (Wildman–Crippen MR) is 98.5 cm³/mol. The molecule has 0 aliphatic carbocycles. The minimum absolute atomic E-state index is 0. The summed E-state index contributed by atoms with van der Waals surface area (Å²) in [6, 6.07) is 11.1. The van der Waals surface area contributed by atoms with E-state index in [1.807, 2.05) is 0 Å². The van der Waals surface area contributed by atoms with E-state index in [9.17, 15) is 0 Å². The van der Waals surface area contributed by atoms with Crippen LogP contribution < -0.4 is 0 Å². The molecule has 0 radical (unpaired) electrons. The normalized spacial score (nSPS) is 11.2. The Morgan fingerprint density at radius 3 is 1.52 bits per heavy atom. The molecular formula is C19H35NS. The highest BCUT2D eigenvalue weighted by Crippen LogP contribution is 2.19. The smallest absolute Gasteiger partial charge is 0.104 e. The molecule has 0 N–H and O–H groups in total. The van der Waals surface area contributed by atoms with Crippen LogP contribution in [0, 0.1) is 0 Å². The van der Waals surface area contributed by atoms with Crippen molar-refractivity contribution in [3.63, 3.8) is 0 Å². The average Bonchev–Trinajstić information content (AvgIpc) is 2.49. The Balaban J connectivity index is 0.00000400. The van der Waals surface area contributed by atoms with Crippen LogP contribution in [0.2, 0.25) is 0 Å². The second-order valence-electron chi connectivity index (χ2n) is 6.22. The summed E-state index contributed by atoms with van der Waals surface area (Å²) in [6.07, 6.45) is 8.02. The second-order valence-corrected chi connectivity index (χ2v) is 6.22. The van der Waals surface area contributed by atoms with Crippen molar-refractivity contribution >= 4 is 13.5 Å². The van der Waals surface area contributed by atoms with Gasteiger partial charge in [-0.2, -0.15) is 0 Å². The third-order valence-electron chi connectivity index (χ3n) is 4.32. The summed E-state index contributed by atoms with van der Waals surface area (Å²) in [6.45, 7) is 12.2. The summed E-state index contributed by atoms with van der Waals surface area (Å²) in [4.78, 5) is 0. The van der Waals surface area contributed by atoms with Gasteiger partial charge in [0.1, 0.15) is 6.54 Å². The summed E-state index contributed by atoms with van der Waals surface area (Å²) in [5.41, 5.74) is 1.51. The van der Waals surface area contributed by atoms with Crippen LogP contribution in [0.5, 0.6) is 0 Å². The average molecular weight is 310 g/mol. The summed E-state index contributed by atoms with van der Waals surface area (Å²) in [5.74, 6) is 0. The van der Waals surface area contributed by atoms with Gasteiger partial charge in [-0.25, -0.2) is 0 Å². The van der Waals surface area contributed by atoms with Gasteiger partial charge in [0.25, 0.3) is 0 Å². The molecule has 0 aromatic heterocycles. The van der Waals surface area contributed by atoms with E-state index < -0.39 is 0 Å². The van der Waals surface area contributed by atoms with Crippen LogP contribution >= 0.6 is 0 Å². The van der Waals surface area contributed by atoms with E-state index in [2.05, 4.69) is 51.1 Å². The first-order valence-electron chi connectivity index (χ1n) is 8.65. The molecule has 0 bridgehead atoms. The van der Waals surface area contributed by atoms with Gasteiger partial charge < -0.3 is 18.0 Å². The Bertz CT molecular complexity index is 315.